The van der Waals surface area contributed by atoms with Gasteiger partial charge in [0.05, 0.1) is 6.04 Å². The highest BCUT2D eigenvalue weighted by Gasteiger charge is 2.19. The summed E-state index contributed by atoms with van der Waals surface area (Å²) in [5.74, 6) is 0. The lowest BCUT2D eigenvalue weighted by Gasteiger charge is -2.22. The van der Waals surface area contributed by atoms with Gasteiger partial charge in [0.15, 0.2) is 0 Å². The van der Waals surface area contributed by atoms with Crippen LogP contribution >= 0.6 is 0 Å². The number of rotatable bonds is 9. The van der Waals surface area contributed by atoms with Crippen LogP contribution in [-0.4, -0.2) is 46.7 Å². The molecule has 1 atom stereocenters. The van der Waals surface area contributed by atoms with Crippen LogP contribution in [0.4, 0.5) is 9.59 Å². The molecule has 0 unspecified atom stereocenters. The number of aldehydes is 1. The Bertz CT molecular complexity index is 583. The van der Waals surface area contributed by atoms with Crippen LogP contribution in [0.1, 0.15) is 45.6 Å². The number of carboxylic acid groups (broad SMARTS) is 1. The summed E-state index contributed by atoms with van der Waals surface area (Å²) in [6.45, 7) is 5.92. The summed E-state index contributed by atoms with van der Waals surface area (Å²) in [7, 11) is 0. The van der Waals surface area contributed by atoms with Crippen LogP contribution in [0.2, 0.25) is 0 Å². The summed E-state index contributed by atoms with van der Waals surface area (Å²) < 4.78 is 5.12. The number of benzene rings is 1. The van der Waals surface area contributed by atoms with E-state index in [1.54, 1.807) is 20.8 Å². The molecule has 7 heteroatoms. The minimum atomic E-state index is -0.979. The fraction of sp³-hybridized carbons (Fsp3) is 0.526. The molecule has 0 fully saturated rings. The molecule has 144 valence electrons. The molecule has 1 aromatic rings. The lowest BCUT2D eigenvalue weighted by atomic mass is 10.1. The number of ether oxygens (including phenoxy) is 1. The average molecular weight is 364 g/mol. The van der Waals surface area contributed by atoms with Crippen molar-refractivity contribution in [1.82, 2.24) is 10.2 Å². The van der Waals surface area contributed by atoms with Crippen molar-refractivity contribution in [1.29, 1.82) is 0 Å². The van der Waals surface area contributed by atoms with Gasteiger partial charge in [-0.05, 0) is 45.6 Å². The first-order valence-electron chi connectivity index (χ1n) is 8.68. The van der Waals surface area contributed by atoms with Crippen LogP contribution in [0.5, 0.6) is 0 Å². The number of nitrogens with zero attached hydrogens (tertiary/aromatic N) is 1. The number of carbonyl (C=O) groups is 3. The van der Waals surface area contributed by atoms with E-state index >= 15 is 0 Å². The second kappa shape index (κ2) is 10.4. The predicted octanol–water partition coefficient (Wildman–Crippen LogP) is 3.43. The van der Waals surface area contributed by atoms with E-state index in [2.05, 4.69) is 5.32 Å². The quantitative estimate of drug-likeness (QED) is 0.517. The number of hydrogen-bond donors (Lipinski definition) is 2. The molecule has 0 radical (unpaired) electrons. The van der Waals surface area contributed by atoms with Gasteiger partial charge in [0.1, 0.15) is 11.9 Å². The molecule has 0 aliphatic carbocycles. The van der Waals surface area contributed by atoms with E-state index in [4.69, 9.17) is 4.74 Å². The van der Waals surface area contributed by atoms with Crippen molar-refractivity contribution in [3.8, 4) is 0 Å². The smallest absolute Gasteiger partial charge is 0.408 e. The molecule has 0 spiro atoms. The molecule has 0 aliphatic rings. The second-order valence-electron chi connectivity index (χ2n) is 7.07. The first-order valence-corrected chi connectivity index (χ1v) is 8.68. The maximum atomic E-state index is 11.7. The summed E-state index contributed by atoms with van der Waals surface area (Å²) in [5.41, 5.74) is 0.295. The van der Waals surface area contributed by atoms with E-state index in [9.17, 15) is 19.5 Å². The van der Waals surface area contributed by atoms with E-state index in [0.29, 0.717) is 38.6 Å². The number of amides is 2. The Hall–Kier alpha value is -2.57. The third-order valence-electron chi connectivity index (χ3n) is 3.55. The van der Waals surface area contributed by atoms with Crippen molar-refractivity contribution in [3.05, 3.63) is 35.9 Å². The summed E-state index contributed by atoms with van der Waals surface area (Å²) in [6.07, 6.45) is 0.695. The first kappa shape index (κ1) is 21.5. The monoisotopic (exact) mass is 364 g/mol. The number of carbonyl (C=O) groups excluding carboxylic acids is 2. The Morgan fingerprint density at radius 2 is 1.88 bits per heavy atom. The second-order valence-corrected chi connectivity index (χ2v) is 7.07. The zero-order valence-electron chi connectivity index (χ0n) is 15.6. The lowest BCUT2D eigenvalue weighted by Crippen LogP contribution is -2.40. The van der Waals surface area contributed by atoms with Crippen molar-refractivity contribution >= 4 is 18.5 Å². The molecule has 26 heavy (non-hydrogen) atoms. The fourth-order valence-electron chi connectivity index (χ4n) is 2.35. The standard InChI is InChI=1S/C19H28N2O5/c1-19(2,3)26-17(23)20-16(14-22)11-7-8-12-21(18(24)25)13-15-9-5-4-6-10-15/h4-6,9-10,14,16H,7-8,11-13H2,1-3H3,(H,20,23)(H,24,25)/t16-/m0/s1. The van der Waals surface area contributed by atoms with E-state index in [0.717, 1.165) is 5.56 Å². The van der Waals surface area contributed by atoms with Crippen LogP contribution in [0, 0.1) is 0 Å². The third-order valence-corrected chi connectivity index (χ3v) is 3.55. The van der Waals surface area contributed by atoms with Gasteiger partial charge in [-0.2, -0.15) is 0 Å². The van der Waals surface area contributed by atoms with E-state index in [1.165, 1.54) is 4.90 Å². The maximum absolute atomic E-state index is 11.7. The Kier molecular flexibility index (Phi) is 8.61. The molecule has 0 aliphatic heterocycles. The normalized spacial score (nSPS) is 12.1. The summed E-state index contributed by atoms with van der Waals surface area (Å²) in [5, 5.41) is 11.8. The molecule has 0 saturated heterocycles. The molecule has 1 aromatic carbocycles. The Balaban J connectivity index is 2.38. The maximum Gasteiger partial charge on any atom is 0.408 e. The topological polar surface area (TPSA) is 95.9 Å². The summed E-state index contributed by atoms with van der Waals surface area (Å²) in [6, 6.07) is 8.73. The largest absolute Gasteiger partial charge is 0.465 e. The van der Waals surface area contributed by atoms with Crippen LogP contribution < -0.4 is 5.32 Å². The first-order chi connectivity index (χ1) is 12.2. The van der Waals surface area contributed by atoms with Crippen molar-refractivity contribution in [2.24, 2.45) is 0 Å². The summed E-state index contributed by atoms with van der Waals surface area (Å²) >= 11 is 0. The minimum absolute atomic E-state index is 0.323. The van der Waals surface area contributed by atoms with Crippen LogP contribution in [0.3, 0.4) is 0 Å². The molecule has 7 nitrogen and oxygen atoms in total. The number of unbranched alkanes of at least 4 members (excludes halogenated alkanes) is 1. The number of hydrogen-bond acceptors (Lipinski definition) is 4. The van der Waals surface area contributed by atoms with E-state index in [1.807, 2.05) is 30.3 Å². The zero-order valence-corrected chi connectivity index (χ0v) is 15.6. The van der Waals surface area contributed by atoms with Gasteiger partial charge in [-0.25, -0.2) is 9.59 Å². The number of nitrogens with one attached hydrogen (secondary N) is 1. The molecular weight excluding hydrogens is 336 g/mol. The fourth-order valence-corrected chi connectivity index (χ4v) is 2.35. The highest BCUT2D eigenvalue weighted by atomic mass is 16.6. The molecule has 0 aromatic heterocycles. The zero-order chi connectivity index (χ0) is 19.6. The van der Waals surface area contributed by atoms with Crippen LogP contribution in [-0.2, 0) is 16.1 Å². The predicted molar refractivity (Wildman–Crippen MR) is 97.9 cm³/mol. The molecule has 0 saturated carbocycles. The van der Waals surface area contributed by atoms with E-state index in [-0.39, 0.29) is 0 Å². The van der Waals surface area contributed by atoms with Gasteiger partial charge >= 0.3 is 12.2 Å². The van der Waals surface area contributed by atoms with Gasteiger partial charge in [0.2, 0.25) is 0 Å². The van der Waals surface area contributed by atoms with Gasteiger partial charge in [-0.15, -0.1) is 0 Å². The lowest BCUT2D eigenvalue weighted by molar-refractivity contribution is -0.109. The highest BCUT2D eigenvalue weighted by molar-refractivity contribution is 5.73. The summed E-state index contributed by atoms with van der Waals surface area (Å²) in [4.78, 5) is 35.5. The van der Waals surface area contributed by atoms with Gasteiger partial charge < -0.3 is 24.9 Å². The van der Waals surface area contributed by atoms with E-state index < -0.39 is 23.8 Å². The van der Waals surface area contributed by atoms with Crippen LogP contribution in [0.25, 0.3) is 0 Å². The number of alkyl carbamates (subject to hydrolysis) is 1. The Morgan fingerprint density at radius 3 is 2.42 bits per heavy atom. The van der Waals surface area contributed by atoms with Gasteiger partial charge in [-0.3, -0.25) is 0 Å². The molecule has 0 heterocycles. The van der Waals surface area contributed by atoms with Crippen LogP contribution in [0.15, 0.2) is 30.3 Å². The Morgan fingerprint density at radius 1 is 1.23 bits per heavy atom. The Labute approximate surface area is 154 Å². The van der Waals surface area contributed by atoms with Crippen molar-refractivity contribution in [3.63, 3.8) is 0 Å². The van der Waals surface area contributed by atoms with Gasteiger partial charge in [0, 0.05) is 13.1 Å². The van der Waals surface area contributed by atoms with Crippen molar-refractivity contribution in [2.45, 2.75) is 58.2 Å². The highest BCUT2D eigenvalue weighted by Crippen LogP contribution is 2.09. The molecular formula is C19H28N2O5. The SMILES string of the molecule is CC(C)(C)OC(=O)N[C@H](C=O)CCCCN(Cc1ccccc1)C(=O)O. The molecule has 2 amide bonds. The van der Waals surface area contributed by atoms with Crippen molar-refractivity contribution < 1.29 is 24.2 Å². The molecule has 1 rings (SSSR count). The van der Waals surface area contributed by atoms with Crippen molar-refractivity contribution in [2.75, 3.05) is 6.54 Å². The molecule has 0 bridgehead atoms. The minimum Gasteiger partial charge on any atom is -0.465 e. The average Bonchev–Trinajstić information content (AvgIpc) is 2.55. The third kappa shape index (κ3) is 9.05. The van der Waals surface area contributed by atoms with Gasteiger partial charge in [-0.1, -0.05) is 30.3 Å². The van der Waals surface area contributed by atoms with Gasteiger partial charge in [0.25, 0.3) is 0 Å². The molecule has 2 N–H and O–H groups in total.